The average Bonchev–Trinajstić information content (AvgIpc) is 2.12. The maximum absolute atomic E-state index is 13.2. The first kappa shape index (κ1) is 10.5. The van der Waals surface area contributed by atoms with Crippen molar-refractivity contribution in [1.29, 1.82) is 0 Å². The maximum atomic E-state index is 13.2. The highest BCUT2D eigenvalue weighted by Crippen LogP contribution is 2.26. The Morgan fingerprint density at radius 1 is 1.62 bits per heavy atom. The minimum Gasteiger partial charge on any atom is -0.465 e. The highest BCUT2D eigenvalue weighted by atomic mass is 79.9. The molecule has 0 aliphatic rings. The molecule has 0 atom stereocenters. The molecule has 2 nitrogen and oxygen atoms in total. The van der Waals surface area contributed by atoms with Crippen LogP contribution in [0.25, 0.3) is 0 Å². The van der Waals surface area contributed by atoms with Crippen LogP contribution in [0.4, 0.5) is 4.39 Å². The summed E-state index contributed by atoms with van der Waals surface area (Å²) < 4.78 is 17.9. The molecule has 70 valence electrons. The molecule has 0 bridgehead atoms. The Morgan fingerprint density at radius 3 is 2.77 bits per heavy atom. The third-order valence-corrected chi connectivity index (χ3v) is 2.39. The van der Waals surface area contributed by atoms with E-state index in [0.29, 0.717) is 4.47 Å². The van der Waals surface area contributed by atoms with Gasteiger partial charge in [-0.3, -0.25) is 0 Å². The zero-order valence-electron chi connectivity index (χ0n) is 6.61. The Kier molecular flexibility index (Phi) is 3.27. The zero-order chi connectivity index (χ0) is 10.0. The second kappa shape index (κ2) is 4.07. The lowest BCUT2D eigenvalue weighted by Crippen LogP contribution is -2.05. The Labute approximate surface area is 87.8 Å². The third kappa shape index (κ3) is 2.00. The van der Waals surface area contributed by atoms with E-state index in [1.54, 1.807) is 0 Å². The standard InChI is InChI=1S/C8H5BrClFO2/c1-13-8(12)6-4(9)2-3-5(10)7(6)11/h2-3H,1H3. The molecule has 0 unspecified atom stereocenters. The molecule has 0 fully saturated rings. The van der Waals surface area contributed by atoms with Gasteiger partial charge in [0.2, 0.25) is 0 Å². The number of benzene rings is 1. The quantitative estimate of drug-likeness (QED) is 0.577. The SMILES string of the molecule is COC(=O)c1c(Br)ccc(Cl)c1F. The fourth-order valence-corrected chi connectivity index (χ4v) is 1.44. The number of carbonyl (C=O) groups excluding carboxylic acids is 1. The van der Waals surface area contributed by atoms with E-state index in [9.17, 15) is 9.18 Å². The van der Waals surface area contributed by atoms with Crippen LogP contribution in [0.1, 0.15) is 10.4 Å². The molecule has 0 spiro atoms. The second-order valence-corrected chi connectivity index (χ2v) is 3.47. The molecule has 0 aliphatic carbocycles. The number of carbonyl (C=O) groups is 1. The van der Waals surface area contributed by atoms with Gasteiger partial charge in [-0.15, -0.1) is 0 Å². The Hall–Kier alpha value is -0.610. The maximum Gasteiger partial charge on any atom is 0.342 e. The predicted octanol–water partition coefficient (Wildman–Crippen LogP) is 3.03. The highest BCUT2D eigenvalue weighted by molar-refractivity contribution is 9.10. The fraction of sp³-hybridized carbons (Fsp3) is 0.125. The van der Waals surface area contributed by atoms with Gasteiger partial charge in [-0.2, -0.15) is 0 Å². The number of ether oxygens (including phenoxy) is 1. The lowest BCUT2D eigenvalue weighted by Gasteiger charge is -2.04. The van der Waals surface area contributed by atoms with Gasteiger partial charge in [0.15, 0.2) is 5.82 Å². The van der Waals surface area contributed by atoms with Crippen LogP contribution in [-0.2, 0) is 4.74 Å². The Balaban J connectivity index is 3.33. The molecule has 1 aromatic rings. The summed E-state index contributed by atoms with van der Waals surface area (Å²) in [5.74, 6) is -1.53. The second-order valence-electron chi connectivity index (χ2n) is 2.21. The van der Waals surface area contributed by atoms with Crippen molar-refractivity contribution in [3.05, 3.63) is 33.0 Å². The molecule has 1 aromatic carbocycles. The number of halogens is 3. The van der Waals surface area contributed by atoms with E-state index >= 15 is 0 Å². The molecular formula is C8H5BrClFO2. The van der Waals surface area contributed by atoms with Gasteiger partial charge in [-0.25, -0.2) is 9.18 Å². The van der Waals surface area contributed by atoms with E-state index in [2.05, 4.69) is 20.7 Å². The summed E-state index contributed by atoms with van der Waals surface area (Å²) in [5.41, 5.74) is -0.185. The molecule has 5 heteroatoms. The topological polar surface area (TPSA) is 26.3 Å². The monoisotopic (exact) mass is 266 g/mol. The largest absolute Gasteiger partial charge is 0.465 e. The van der Waals surface area contributed by atoms with Crippen LogP contribution >= 0.6 is 27.5 Å². The minimum atomic E-state index is -0.775. The summed E-state index contributed by atoms with van der Waals surface area (Å²) in [5, 5.41) is -0.108. The molecule has 0 heterocycles. The van der Waals surface area contributed by atoms with Crippen LogP contribution in [-0.4, -0.2) is 13.1 Å². The summed E-state index contributed by atoms with van der Waals surface area (Å²) in [6.45, 7) is 0. The van der Waals surface area contributed by atoms with E-state index in [-0.39, 0.29) is 10.6 Å². The molecule has 0 N–H and O–H groups in total. The van der Waals surface area contributed by atoms with Crippen LogP contribution in [0.2, 0.25) is 5.02 Å². The lowest BCUT2D eigenvalue weighted by atomic mass is 10.2. The van der Waals surface area contributed by atoms with Gasteiger partial charge in [0.25, 0.3) is 0 Å². The summed E-state index contributed by atoms with van der Waals surface area (Å²) in [7, 11) is 1.18. The van der Waals surface area contributed by atoms with Crippen LogP contribution in [0, 0.1) is 5.82 Å². The summed E-state index contributed by atoms with van der Waals surface area (Å²) in [4.78, 5) is 11.1. The predicted molar refractivity (Wildman–Crippen MR) is 50.4 cm³/mol. The van der Waals surface area contributed by atoms with Crippen molar-refractivity contribution in [2.75, 3.05) is 7.11 Å². The highest BCUT2D eigenvalue weighted by Gasteiger charge is 2.18. The normalized spacial score (nSPS) is 9.85. The molecule has 0 radical (unpaired) electrons. The molecule has 0 amide bonds. The first-order valence-electron chi connectivity index (χ1n) is 3.29. The van der Waals surface area contributed by atoms with Crippen LogP contribution in [0.5, 0.6) is 0 Å². The van der Waals surface area contributed by atoms with E-state index in [1.807, 2.05) is 0 Å². The van der Waals surface area contributed by atoms with E-state index in [1.165, 1.54) is 19.2 Å². The zero-order valence-corrected chi connectivity index (χ0v) is 8.95. The van der Waals surface area contributed by atoms with Gasteiger partial charge < -0.3 is 4.74 Å². The van der Waals surface area contributed by atoms with Crippen molar-refractivity contribution in [2.45, 2.75) is 0 Å². The molecular weight excluding hydrogens is 262 g/mol. The van der Waals surface area contributed by atoms with Gasteiger partial charge in [0, 0.05) is 4.47 Å². The molecule has 0 saturated heterocycles. The van der Waals surface area contributed by atoms with Crippen molar-refractivity contribution in [3.8, 4) is 0 Å². The van der Waals surface area contributed by atoms with Gasteiger partial charge >= 0.3 is 5.97 Å². The molecule has 1 rings (SSSR count). The van der Waals surface area contributed by atoms with E-state index < -0.39 is 11.8 Å². The van der Waals surface area contributed by atoms with Gasteiger partial charge in [0.05, 0.1) is 12.1 Å². The number of hydrogen-bond donors (Lipinski definition) is 0. The number of hydrogen-bond acceptors (Lipinski definition) is 2. The lowest BCUT2D eigenvalue weighted by molar-refractivity contribution is 0.0594. The van der Waals surface area contributed by atoms with Crippen molar-refractivity contribution < 1.29 is 13.9 Å². The number of rotatable bonds is 1. The fourth-order valence-electron chi connectivity index (χ4n) is 0.816. The van der Waals surface area contributed by atoms with Gasteiger partial charge in [-0.05, 0) is 28.1 Å². The van der Waals surface area contributed by atoms with E-state index in [0.717, 1.165) is 0 Å². The Bertz CT molecular complexity index is 354. The van der Waals surface area contributed by atoms with Crippen LogP contribution in [0.3, 0.4) is 0 Å². The minimum absolute atomic E-state index is 0.108. The van der Waals surface area contributed by atoms with Crippen LogP contribution < -0.4 is 0 Å². The van der Waals surface area contributed by atoms with Gasteiger partial charge in [0.1, 0.15) is 5.56 Å². The third-order valence-electron chi connectivity index (χ3n) is 1.43. The molecule has 0 saturated carbocycles. The van der Waals surface area contributed by atoms with Crippen molar-refractivity contribution in [2.24, 2.45) is 0 Å². The Morgan fingerprint density at radius 2 is 2.23 bits per heavy atom. The molecule has 0 aliphatic heterocycles. The average molecular weight is 267 g/mol. The van der Waals surface area contributed by atoms with Crippen LogP contribution in [0.15, 0.2) is 16.6 Å². The first-order valence-corrected chi connectivity index (χ1v) is 4.47. The van der Waals surface area contributed by atoms with Crippen molar-refractivity contribution in [1.82, 2.24) is 0 Å². The van der Waals surface area contributed by atoms with Crippen molar-refractivity contribution in [3.63, 3.8) is 0 Å². The number of methoxy groups -OCH3 is 1. The number of esters is 1. The molecule has 0 aromatic heterocycles. The van der Waals surface area contributed by atoms with E-state index in [4.69, 9.17) is 11.6 Å². The smallest absolute Gasteiger partial charge is 0.342 e. The first-order chi connectivity index (χ1) is 6.07. The van der Waals surface area contributed by atoms with Gasteiger partial charge in [-0.1, -0.05) is 11.6 Å². The van der Waals surface area contributed by atoms with Crippen molar-refractivity contribution >= 4 is 33.5 Å². The summed E-state index contributed by atoms with van der Waals surface area (Å²) >= 11 is 8.51. The molecule has 13 heavy (non-hydrogen) atoms. The summed E-state index contributed by atoms with van der Waals surface area (Å²) in [6.07, 6.45) is 0. The summed E-state index contributed by atoms with van der Waals surface area (Å²) in [6, 6.07) is 2.84.